The maximum atomic E-state index is 13.2. The van der Waals surface area contributed by atoms with Gasteiger partial charge >= 0.3 is 0 Å². The first-order valence-electron chi connectivity index (χ1n) is 6.27. The van der Waals surface area contributed by atoms with Gasteiger partial charge < -0.3 is 15.2 Å². The van der Waals surface area contributed by atoms with Crippen LogP contribution in [0.1, 0.15) is 17.2 Å². The topological polar surface area (TPSA) is 51.4 Å². The highest BCUT2D eigenvalue weighted by Crippen LogP contribution is 2.34. The van der Waals surface area contributed by atoms with E-state index in [1.165, 1.54) is 0 Å². The zero-order chi connectivity index (χ0) is 14.1. The van der Waals surface area contributed by atoms with Gasteiger partial charge in [0.1, 0.15) is 23.1 Å². The second-order valence-electron chi connectivity index (χ2n) is 4.70. The number of aliphatic hydroxyl groups excluding tert-OH is 1. The van der Waals surface area contributed by atoms with Gasteiger partial charge in [-0.2, -0.15) is 0 Å². The number of hydrogen-bond donors (Lipinski definition) is 2. The highest BCUT2D eigenvalue weighted by atomic mass is 19.1. The molecule has 104 valence electrons. The molecule has 3 nitrogen and oxygen atoms in total. The molecule has 0 amide bonds. The molecule has 0 aliphatic carbocycles. The predicted octanol–water partition coefficient (Wildman–Crippen LogP) is 2.89. The van der Waals surface area contributed by atoms with Crippen LogP contribution in [0.3, 0.4) is 0 Å². The summed E-state index contributed by atoms with van der Waals surface area (Å²) < 4.78 is 31.9. The van der Waals surface area contributed by atoms with Gasteiger partial charge in [0, 0.05) is 36.3 Å². The molecule has 1 saturated heterocycles. The van der Waals surface area contributed by atoms with Gasteiger partial charge in [-0.3, -0.25) is 0 Å². The molecule has 1 unspecified atom stereocenters. The monoisotopic (exact) mass is 277 g/mol. The van der Waals surface area contributed by atoms with Crippen molar-refractivity contribution in [3.8, 4) is 11.5 Å². The number of halogens is 2. The van der Waals surface area contributed by atoms with E-state index in [1.807, 2.05) is 6.07 Å². The SMILES string of the molecule is OCc1ccc(Oc2cc(F)cc(F)c2)c(C2CN2)c1. The first-order chi connectivity index (χ1) is 9.65. The number of ether oxygens (including phenoxy) is 1. The summed E-state index contributed by atoms with van der Waals surface area (Å²) in [5.74, 6) is -0.723. The Morgan fingerprint density at radius 1 is 1.15 bits per heavy atom. The highest BCUT2D eigenvalue weighted by Gasteiger charge is 2.26. The average Bonchev–Trinajstić information content (AvgIpc) is 3.22. The van der Waals surface area contributed by atoms with Crippen LogP contribution in [0.5, 0.6) is 11.5 Å². The van der Waals surface area contributed by atoms with Gasteiger partial charge in [-0.15, -0.1) is 0 Å². The molecule has 2 aromatic rings. The van der Waals surface area contributed by atoms with Crippen LogP contribution < -0.4 is 10.1 Å². The lowest BCUT2D eigenvalue weighted by molar-refractivity contribution is 0.281. The number of nitrogens with one attached hydrogen (secondary N) is 1. The Balaban J connectivity index is 1.93. The van der Waals surface area contributed by atoms with E-state index < -0.39 is 11.6 Å². The second kappa shape index (κ2) is 5.19. The molecular formula is C15H13F2NO2. The molecule has 0 spiro atoms. The molecule has 2 N–H and O–H groups in total. The predicted molar refractivity (Wildman–Crippen MR) is 69.5 cm³/mol. The lowest BCUT2D eigenvalue weighted by Crippen LogP contribution is -1.96. The highest BCUT2D eigenvalue weighted by molar-refractivity contribution is 5.44. The molecule has 0 radical (unpaired) electrons. The Labute approximate surface area is 114 Å². The molecule has 5 heteroatoms. The normalized spacial score (nSPS) is 17.1. The van der Waals surface area contributed by atoms with E-state index >= 15 is 0 Å². The van der Waals surface area contributed by atoms with Gasteiger partial charge in [-0.1, -0.05) is 6.07 Å². The summed E-state index contributed by atoms with van der Waals surface area (Å²) in [5.41, 5.74) is 1.65. The molecule has 0 aromatic heterocycles. The molecule has 0 saturated carbocycles. The van der Waals surface area contributed by atoms with Crippen molar-refractivity contribution in [1.82, 2.24) is 5.32 Å². The van der Waals surface area contributed by atoms with E-state index in [4.69, 9.17) is 9.84 Å². The molecule has 1 fully saturated rings. The fourth-order valence-electron chi connectivity index (χ4n) is 2.05. The maximum Gasteiger partial charge on any atom is 0.133 e. The summed E-state index contributed by atoms with van der Waals surface area (Å²) in [6.45, 7) is 0.761. The van der Waals surface area contributed by atoms with Crippen molar-refractivity contribution in [1.29, 1.82) is 0 Å². The van der Waals surface area contributed by atoms with E-state index in [2.05, 4.69) is 5.32 Å². The van der Waals surface area contributed by atoms with E-state index in [9.17, 15) is 8.78 Å². The largest absolute Gasteiger partial charge is 0.457 e. The molecule has 20 heavy (non-hydrogen) atoms. The van der Waals surface area contributed by atoms with Crippen molar-refractivity contribution in [3.63, 3.8) is 0 Å². The number of rotatable bonds is 4. The first kappa shape index (κ1) is 13.0. The Morgan fingerprint density at radius 3 is 2.45 bits per heavy atom. The van der Waals surface area contributed by atoms with Crippen LogP contribution in [0.25, 0.3) is 0 Å². The van der Waals surface area contributed by atoms with Gasteiger partial charge in [-0.05, 0) is 17.7 Å². The minimum absolute atomic E-state index is 0.0609. The van der Waals surface area contributed by atoms with Gasteiger partial charge in [0.25, 0.3) is 0 Å². The molecule has 1 heterocycles. The quantitative estimate of drug-likeness (QED) is 0.845. The number of aliphatic hydroxyl groups is 1. The van der Waals surface area contributed by atoms with E-state index in [0.717, 1.165) is 35.9 Å². The smallest absolute Gasteiger partial charge is 0.133 e. The Hall–Kier alpha value is -1.98. The van der Waals surface area contributed by atoms with Crippen molar-refractivity contribution < 1.29 is 18.6 Å². The third kappa shape index (κ3) is 2.79. The van der Waals surface area contributed by atoms with E-state index in [0.29, 0.717) is 5.75 Å². The Kier molecular flexibility index (Phi) is 3.38. The van der Waals surface area contributed by atoms with Crippen molar-refractivity contribution in [2.45, 2.75) is 12.6 Å². The zero-order valence-electron chi connectivity index (χ0n) is 10.6. The van der Waals surface area contributed by atoms with Crippen molar-refractivity contribution in [2.24, 2.45) is 0 Å². The summed E-state index contributed by atoms with van der Waals surface area (Å²) >= 11 is 0. The summed E-state index contributed by atoms with van der Waals surface area (Å²) in [4.78, 5) is 0. The van der Waals surface area contributed by atoms with Crippen LogP contribution in [0, 0.1) is 11.6 Å². The molecule has 1 atom stereocenters. The lowest BCUT2D eigenvalue weighted by atomic mass is 10.1. The fraction of sp³-hybridized carbons (Fsp3) is 0.200. The number of benzene rings is 2. The molecule has 3 rings (SSSR count). The molecule has 0 bridgehead atoms. The third-order valence-corrected chi connectivity index (χ3v) is 3.10. The minimum atomic E-state index is -0.682. The van der Waals surface area contributed by atoms with Crippen LogP contribution in [0.2, 0.25) is 0 Å². The molecule has 1 aliphatic heterocycles. The van der Waals surface area contributed by atoms with Crippen LogP contribution in [0.15, 0.2) is 36.4 Å². The van der Waals surface area contributed by atoms with E-state index in [1.54, 1.807) is 12.1 Å². The van der Waals surface area contributed by atoms with Crippen molar-refractivity contribution >= 4 is 0 Å². The summed E-state index contributed by atoms with van der Waals surface area (Å²) in [6, 6.07) is 8.47. The minimum Gasteiger partial charge on any atom is -0.457 e. The summed E-state index contributed by atoms with van der Waals surface area (Å²) in [7, 11) is 0. The van der Waals surface area contributed by atoms with Crippen LogP contribution in [-0.4, -0.2) is 11.7 Å². The molecule has 2 aromatic carbocycles. The standard InChI is InChI=1S/C15H13F2NO2/c16-10-4-11(17)6-12(5-10)20-15-2-1-9(8-19)3-13(15)14-7-18-14/h1-6,14,18-19H,7-8H2. The zero-order valence-corrected chi connectivity index (χ0v) is 10.6. The number of hydrogen-bond acceptors (Lipinski definition) is 3. The van der Waals surface area contributed by atoms with Gasteiger partial charge in [0.05, 0.1) is 6.61 Å². The van der Waals surface area contributed by atoms with Crippen LogP contribution in [0.4, 0.5) is 8.78 Å². The van der Waals surface area contributed by atoms with Crippen LogP contribution >= 0.6 is 0 Å². The summed E-state index contributed by atoms with van der Waals surface area (Å²) in [6.07, 6.45) is 0. The average molecular weight is 277 g/mol. The lowest BCUT2D eigenvalue weighted by Gasteiger charge is -2.12. The van der Waals surface area contributed by atoms with Crippen molar-refractivity contribution in [3.05, 3.63) is 59.2 Å². The summed E-state index contributed by atoms with van der Waals surface area (Å²) in [5, 5.41) is 12.3. The van der Waals surface area contributed by atoms with Gasteiger partial charge in [-0.25, -0.2) is 8.78 Å². The Bertz CT molecular complexity index is 622. The third-order valence-electron chi connectivity index (χ3n) is 3.10. The second-order valence-corrected chi connectivity index (χ2v) is 4.70. The molecular weight excluding hydrogens is 264 g/mol. The maximum absolute atomic E-state index is 13.2. The van der Waals surface area contributed by atoms with Crippen LogP contribution in [-0.2, 0) is 6.61 Å². The van der Waals surface area contributed by atoms with Crippen molar-refractivity contribution in [2.75, 3.05) is 6.54 Å². The molecule has 1 aliphatic rings. The fourth-order valence-corrected chi connectivity index (χ4v) is 2.05. The van der Waals surface area contributed by atoms with Gasteiger partial charge in [0.15, 0.2) is 0 Å². The van der Waals surface area contributed by atoms with Gasteiger partial charge in [0.2, 0.25) is 0 Å². The first-order valence-corrected chi connectivity index (χ1v) is 6.27. The Morgan fingerprint density at radius 2 is 1.85 bits per heavy atom. The van der Waals surface area contributed by atoms with E-state index in [-0.39, 0.29) is 18.4 Å².